The summed E-state index contributed by atoms with van der Waals surface area (Å²) in [5.41, 5.74) is 2.16. The average Bonchev–Trinajstić information content (AvgIpc) is 3.00. The van der Waals surface area contributed by atoms with Gasteiger partial charge in [0.1, 0.15) is 5.82 Å². The molecule has 0 bridgehead atoms. The first-order chi connectivity index (χ1) is 10.3. The van der Waals surface area contributed by atoms with Crippen LogP contribution >= 0.6 is 35.7 Å². The maximum atomic E-state index is 4.39. The van der Waals surface area contributed by atoms with Crippen molar-refractivity contribution in [1.82, 2.24) is 20.6 Å². The summed E-state index contributed by atoms with van der Waals surface area (Å²) in [7, 11) is 1.77. The van der Waals surface area contributed by atoms with Gasteiger partial charge in [-0.3, -0.25) is 4.99 Å². The van der Waals surface area contributed by atoms with Gasteiger partial charge in [0.05, 0.1) is 18.4 Å². The fourth-order valence-electron chi connectivity index (χ4n) is 1.88. The number of H-pyrrole nitrogens is 1. The summed E-state index contributed by atoms with van der Waals surface area (Å²) in [4.78, 5) is 11.9. The number of aliphatic imine (C=N–C) groups is 1. The molecule has 1 aromatic heterocycles. The number of benzene rings is 1. The van der Waals surface area contributed by atoms with Crippen LogP contribution in [0.15, 0.2) is 41.5 Å². The van der Waals surface area contributed by atoms with Crippen molar-refractivity contribution in [2.45, 2.75) is 6.54 Å². The van der Waals surface area contributed by atoms with Gasteiger partial charge in [-0.1, -0.05) is 30.3 Å². The molecule has 120 valence electrons. The van der Waals surface area contributed by atoms with Gasteiger partial charge in [0.25, 0.3) is 0 Å². The third-order valence-corrected chi connectivity index (χ3v) is 3.57. The Hall–Kier alpha value is -1.22. The second kappa shape index (κ2) is 10.5. The first-order valence-electron chi connectivity index (χ1n) is 6.86. The first kappa shape index (κ1) is 18.8. The van der Waals surface area contributed by atoms with E-state index in [1.54, 1.807) is 18.8 Å². The van der Waals surface area contributed by atoms with E-state index in [0.29, 0.717) is 6.54 Å². The average molecular weight is 431 g/mol. The molecule has 0 aliphatic heterocycles. The lowest BCUT2D eigenvalue weighted by Gasteiger charge is -2.10. The van der Waals surface area contributed by atoms with Crippen LogP contribution in [0.5, 0.6) is 0 Å². The van der Waals surface area contributed by atoms with Crippen LogP contribution in [0.2, 0.25) is 0 Å². The van der Waals surface area contributed by atoms with Crippen LogP contribution in [0.3, 0.4) is 0 Å². The second-order valence-corrected chi connectivity index (χ2v) is 5.44. The molecule has 0 atom stereocenters. The molecular formula is C15H22IN5S. The first-order valence-corrected chi connectivity index (χ1v) is 8.25. The number of rotatable bonds is 6. The summed E-state index contributed by atoms with van der Waals surface area (Å²) in [6.07, 6.45) is 3.95. The van der Waals surface area contributed by atoms with E-state index in [2.05, 4.69) is 44.0 Å². The minimum absolute atomic E-state index is 0. The quantitative estimate of drug-likeness (QED) is 0.285. The number of imidazole rings is 1. The molecule has 0 aliphatic rings. The number of thioether (sulfide) groups is 1. The van der Waals surface area contributed by atoms with Crippen LogP contribution < -0.4 is 10.6 Å². The summed E-state index contributed by atoms with van der Waals surface area (Å²) in [6, 6.07) is 10.2. The Morgan fingerprint density at radius 1 is 1.27 bits per heavy atom. The number of nitrogens with one attached hydrogen (secondary N) is 3. The van der Waals surface area contributed by atoms with Gasteiger partial charge in [0.15, 0.2) is 5.96 Å². The number of halogens is 1. The molecule has 0 saturated heterocycles. The zero-order chi connectivity index (χ0) is 14.9. The largest absolute Gasteiger partial charge is 0.356 e. The fraction of sp³-hybridized carbons (Fsp3) is 0.333. The molecular weight excluding hydrogens is 409 g/mol. The van der Waals surface area contributed by atoms with Gasteiger partial charge in [-0.25, -0.2) is 4.98 Å². The van der Waals surface area contributed by atoms with Crippen molar-refractivity contribution in [2.24, 2.45) is 4.99 Å². The van der Waals surface area contributed by atoms with Gasteiger partial charge in [-0.15, -0.1) is 24.0 Å². The Labute approximate surface area is 152 Å². The number of nitrogens with zero attached hydrogens (tertiary/aromatic N) is 2. The van der Waals surface area contributed by atoms with E-state index < -0.39 is 0 Å². The van der Waals surface area contributed by atoms with Gasteiger partial charge in [-0.05, 0) is 11.8 Å². The standard InChI is InChI=1S/C15H21N5S.HI/c1-16-15(17-8-9-21-2)19-11-14-18-10-13(20-14)12-6-4-3-5-7-12;/h3-7,10H,8-9,11H2,1-2H3,(H,18,20)(H2,16,17,19);1H. The van der Waals surface area contributed by atoms with E-state index in [-0.39, 0.29) is 24.0 Å². The third-order valence-electron chi connectivity index (χ3n) is 2.96. The molecule has 0 aliphatic carbocycles. The molecule has 0 spiro atoms. The second-order valence-electron chi connectivity index (χ2n) is 4.45. The summed E-state index contributed by atoms with van der Waals surface area (Å²) in [5, 5.41) is 6.50. The number of aromatic amines is 1. The summed E-state index contributed by atoms with van der Waals surface area (Å²) in [5.74, 6) is 2.74. The molecule has 1 heterocycles. The zero-order valence-corrected chi connectivity index (χ0v) is 15.9. The van der Waals surface area contributed by atoms with Gasteiger partial charge in [0, 0.05) is 19.3 Å². The monoisotopic (exact) mass is 431 g/mol. The van der Waals surface area contributed by atoms with Crippen LogP contribution in [0.4, 0.5) is 0 Å². The molecule has 0 radical (unpaired) electrons. The number of hydrogen-bond acceptors (Lipinski definition) is 3. The van der Waals surface area contributed by atoms with E-state index in [1.807, 2.05) is 24.4 Å². The van der Waals surface area contributed by atoms with Crippen molar-refractivity contribution in [3.8, 4) is 11.3 Å². The molecule has 22 heavy (non-hydrogen) atoms. The van der Waals surface area contributed by atoms with E-state index in [1.165, 1.54) is 0 Å². The van der Waals surface area contributed by atoms with Crippen LogP contribution in [0, 0.1) is 0 Å². The molecule has 2 rings (SSSR count). The van der Waals surface area contributed by atoms with E-state index in [0.717, 1.165) is 35.3 Å². The van der Waals surface area contributed by atoms with E-state index in [4.69, 9.17) is 0 Å². The van der Waals surface area contributed by atoms with Crippen molar-refractivity contribution in [3.63, 3.8) is 0 Å². The number of hydrogen-bond donors (Lipinski definition) is 3. The lowest BCUT2D eigenvalue weighted by Crippen LogP contribution is -2.38. The predicted octanol–water partition coefficient (Wildman–Crippen LogP) is 2.72. The Bertz CT molecular complexity index is 570. The van der Waals surface area contributed by atoms with Gasteiger partial charge >= 0.3 is 0 Å². The smallest absolute Gasteiger partial charge is 0.191 e. The highest BCUT2D eigenvalue weighted by atomic mass is 127. The molecule has 0 fully saturated rings. The summed E-state index contributed by atoms with van der Waals surface area (Å²) < 4.78 is 0. The van der Waals surface area contributed by atoms with Gasteiger partial charge in [-0.2, -0.15) is 11.8 Å². The molecule has 5 nitrogen and oxygen atoms in total. The number of aromatic nitrogens is 2. The Kier molecular flexibility index (Phi) is 8.98. The lowest BCUT2D eigenvalue weighted by molar-refractivity contribution is 0.797. The molecule has 3 N–H and O–H groups in total. The number of guanidine groups is 1. The lowest BCUT2D eigenvalue weighted by atomic mass is 10.2. The SMILES string of the molecule is CN=C(NCCSC)NCc1ncc(-c2ccccc2)[nH]1.I. The normalized spacial score (nSPS) is 10.9. The summed E-state index contributed by atoms with van der Waals surface area (Å²) in [6.45, 7) is 1.51. The molecule has 2 aromatic rings. The van der Waals surface area contributed by atoms with E-state index in [9.17, 15) is 0 Å². The molecule has 0 unspecified atom stereocenters. The Morgan fingerprint density at radius 2 is 2.05 bits per heavy atom. The van der Waals surface area contributed by atoms with Crippen molar-refractivity contribution >= 4 is 41.7 Å². The summed E-state index contributed by atoms with van der Waals surface area (Å²) >= 11 is 1.81. The highest BCUT2D eigenvalue weighted by Crippen LogP contribution is 2.15. The predicted molar refractivity (Wildman–Crippen MR) is 106 cm³/mol. The van der Waals surface area contributed by atoms with Crippen LogP contribution in [-0.2, 0) is 6.54 Å². The van der Waals surface area contributed by atoms with Crippen molar-refractivity contribution in [3.05, 3.63) is 42.4 Å². The van der Waals surface area contributed by atoms with Crippen molar-refractivity contribution < 1.29 is 0 Å². The zero-order valence-electron chi connectivity index (χ0n) is 12.8. The van der Waals surface area contributed by atoms with Gasteiger partial charge in [0.2, 0.25) is 0 Å². The molecule has 7 heteroatoms. The van der Waals surface area contributed by atoms with Crippen LogP contribution in [-0.4, -0.2) is 41.5 Å². The molecule has 0 saturated carbocycles. The van der Waals surface area contributed by atoms with E-state index >= 15 is 0 Å². The van der Waals surface area contributed by atoms with Crippen molar-refractivity contribution in [2.75, 3.05) is 25.6 Å². The van der Waals surface area contributed by atoms with Crippen LogP contribution in [0.25, 0.3) is 11.3 Å². The Morgan fingerprint density at radius 3 is 2.73 bits per heavy atom. The molecule has 1 aromatic carbocycles. The van der Waals surface area contributed by atoms with Crippen molar-refractivity contribution in [1.29, 1.82) is 0 Å². The topological polar surface area (TPSA) is 65.1 Å². The minimum atomic E-state index is 0. The molecule has 0 amide bonds. The maximum absolute atomic E-state index is 4.39. The fourth-order valence-corrected chi connectivity index (χ4v) is 2.18. The maximum Gasteiger partial charge on any atom is 0.191 e. The van der Waals surface area contributed by atoms with Gasteiger partial charge < -0.3 is 15.6 Å². The Balaban J connectivity index is 0.00000242. The third kappa shape index (κ3) is 5.88. The van der Waals surface area contributed by atoms with Crippen LogP contribution in [0.1, 0.15) is 5.82 Å². The highest BCUT2D eigenvalue weighted by molar-refractivity contribution is 14.0. The minimum Gasteiger partial charge on any atom is -0.356 e. The highest BCUT2D eigenvalue weighted by Gasteiger charge is 2.03.